The molecule has 0 aliphatic heterocycles. The van der Waals surface area contributed by atoms with E-state index in [9.17, 15) is 4.79 Å². The molecule has 19 heavy (non-hydrogen) atoms. The largest absolute Gasteiger partial charge is 0.465 e. The van der Waals surface area contributed by atoms with E-state index in [1.54, 1.807) is 6.92 Å². The molecule has 0 amide bonds. The highest BCUT2D eigenvalue weighted by molar-refractivity contribution is 9.10. The number of rotatable bonds is 6. The van der Waals surface area contributed by atoms with Crippen molar-refractivity contribution in [1.29, 1.82) is 0 Å². The molecule has 0 radical (unpaired) electrons. The van der Waals surface area contributed by atoms with Gasteiger partial charge in [0.2, 0.25) is 0 Å². The van der Waals surface area contributed by atoms with Crippen LogP contribution in [0.15, 0.2) is 28.7 Å². The molecule has 0 fully saturated rings. The molecule has 1 aromatic rings. The Labute approximate surface area is 123 Å². The number of benzene rings is 1. The van der Waals surface area contributed by atoms with E-state index in [0.717, 1.165) is 10.9 Å². The van der Waals surface area contributed by atoms with Crippen LogP contribution in [0, 0.1) is 11.8 Å². The number of ether oxygens (including phenoxy) is 1. The van der Waals surface area contributed by atoms with E-state index >= 15 is 0 Å². The van der Waals surface area contributed by atoms with Gasteiger partial charge in [0.25, 0.3) is 0 Å². The molecule has 0 saturated heterocycles. The van der Waals surface area contributed by atoms with Gasteiger partial charge in [-0.3, -0.25) is 4.79 Å². The number of esters is 1. The Morgan fingerprint density at radius 2 is 1.89 bits per heavy atom. The third kappa shape index (κ3) is 4.96. The van der Waals surface area contributed by atoms with Gasteiger partial charge < -0.3 is 10.5 Å². The van der Waals surface area contributed by atoms with Gasteiger partial charge >= 0.3 is 5.97 Å². The average Bonchev–Trinajstić information content (AvgIpc) is 2.37. The van der Waals surface area contributed by atoms with Gasteiger partial charge in [-0.05, 0) is 42.9 Å². The van der Waals surface area contributed by atoms with Crippen molar-refractivity contribution in [2.75, 3.05) is 6.61 Å². The highest BCUT2D eigenvalue weighted by Gasteiger charge is 2.28. The van der Waals surface area contributed by atoms with Crippen LogP contribution < -0.4 is 5.73 Å². The third-order valence-corrected chi connectivity index (χ3v) is 3.79. The van der Waals surface area contributed by atoms with Crippen molar-refractivity contribution in [2.45, 2.75) is 33.2 Å². The van der Waals surface area contributed by atoms with E-state index in [1.165, 1.54) is 5.56 Å². The minimum absolute atomic E-state index is 0.0835. The van der Waals surface area contributed by atoms with Gasteiger partial charge in [0, 0.05) is 4.47 Å². The lowest BCUT2D eigenvalue weighted by atomic mass is 9.83. The maximum atomic E-state index is 11.8. The zero-order valence-electron chi connectivity index (χ0n) is 11.7. The van der Waals surface area contributed by atoms with E-state index in [4.69, 9.17) is 10.5 Å². The van der Waals surface area contributed by atoms with Crippen LogP contribution in [0.1, 0.15) is 26.3 Å². The van der Waals surface area contributed by atoms with E-state index in [2.05, 4.69) is 41.9 Å². The first kappa shape index (κ1) is 16.2. The molecular formula is C15H22BrNO2. The zero-order chi connectivity index (χ0) is 14.4. The molecule has 0 aliphatic carbocycles. The van der Waals surface area contributed by atoms with Crippen molar-refractivity contribution in [3.8, 4) is 0 Å². The second-order valence-corrected chi connectivity index (χ2v) is 5.93. The molecule has 2 atom stereocenters. The van der Waals surface area contributed by atoms with Crippen LogP contribution in [0.25, 0.3) is 0 Å². The highest BCUT2D eigenvalue weighted by atomic mass is 79.9. The summed E-state index contributed by atoms with van der Waals surface area (Å²) in [5.41, 5.74) is 7.22. The topological polar surface area (TPSA) is 52.3 Å². The fourth-order valence-corrected chi connectivity index (χ4v) is 2.35. The summed E-state index contributed by atoms with van der Waals surface area (Å²) in [6.07, 6.45) is 0.783. The Balaban J connectivity index is 2.77. The fourth-order valence-electron chi connectivity index (χ4n) is 2.08. The molecule has 2 N–H and O–H groups in total. The van der Waals surface area contributed by atoms with Crippen molar-refractivity contribution in [2.24, 2.45) is 17.6 Å². The van der Waals surface area contributed by atoms with Crippen LogP contribution in [-0.2, 0) is 16.0 Å². The van der Waals surface area contributed by atoms with Crippen LogP contribution in [0.5, 0.6) is 0 Å². The zero-order valence-corrected chi connectivity index (χ0v) is 13.3. The Hall–Kier alpha value is -0.870. The van der Waals surface area contributed by atoms with E-state index in [1.807, 2.05) is 12.1 Å². The Morgan fingerprint density at radius 3 is 2.37 bits per heavy atom. The summed E-state index contributed by atoms with van der Waals surface area (Å²) < 4.78 is 6.07. The Bertz CT molecular complexity index is 403. The summed E-state index contributed by atoms with van der Waals surface area (Å²) >= 11 is 3.41. The highest BCUT2D eigenvalue weighted by Crippen LogP contribution is 2.22. The van der Waals surface area contributed by atoms with Gasteiger partial charge in [-0.2, -0.15) is 0 Å². The summed E-state index contributed by atoms with van der Waals surface area (Å²) in [6.45, 7) is 6.34. The molecule has 1 aromatic carbocycles. The van der Waals surface area contributed by atoms with E-state index in [0.29, 0.717) is 12.5 Å². The smallest absolute Gasteiger partial charge is 0.323 e. The maximum absolute atomic E-state index is 11.8. The summed E-state index contributed by atoms with van der Waals surface area (Å²) in [5, 5.41) is 0. The lowest BCUT2D eigenvalue weighted by molar-refractivity contribution is -0.146. The minimum Gasteiger partial charge on any atom is -0.465 e. The minimum atomic E-state index is -0.566. The molecule has 0 aliphatic rings. The second kappa shape index (κ2) is 7.65. The lowest BCUT2D eigenvalue weighted by Crippen LogP contribution is -2.42. The summed E-state index contributed by atoms with van der Waals surface area (Å²) in [7, 11) is 0. The van der Waals surface area contributed by atoms with Crippen LogP contribution >= 0.6 is 15.9 Å². The van der Waals surface area contributed by atoms with Crippen molar-refractivity contribution in [3.63, 3.8) is 0 Å². The normalized spacial score (nSPS) is 14.2. The van der Waals surface area contributed by atoms with Crippen LogP contribution in [0.3, 0.4) is 0 Å². The predicted octanol–water partition coefficient (Wildman–Crippen LogP) is 3.15. The number of halogens is 1. The van der Waals surface area contributed by atoms with Crippen LogP contribution in [0.4, 0.5) is 0 Å². The van der Waals surface area contributed by atoms with Crippen molar-refractivity contribution < 1.29 is 9.53 Å². The summed E-state index contributed by atoms with van der Waals surface area (Å²) in [5.74, 6) is 0.0987. The molecule has 0 heterocycles. The molecule has 0 saturated carbocycles. The monoisotopic (exact) mass is 327 g/mol. The average molecular weight is 328 g/mol. The van der Waals surface area contributed by atoms with Gasteiger partial charge in [0.05, 0.1) is 6.61 Å². The number of nitrogens with two attached hydrogens (primary N) is 1. The summed E-state index contributed by atoms with van der Waals surface area (Å²) in [4.78, 5) is 11.8. The SMILES string of the molecule is CCOC(=O)C(N)C(Cc1ccc(Br)cc1)C(C)C. The fraction of sp³-hybridized carbons (Fsp3) is 0.533. The molecule has 0 spiro atoms. The van der Waals surface area contributed by atoms with E-state index < -0.39 is 6.04 Å². The molecule has 1 rings (SSSR count). The molecule has 0 aromatic heterocycles. The second-order valence-electron chi connectivity index (χ2n) is 5.02. The standard InChI is InChI=1S/C15H22BrNO2/c1-4-19-15(18)14(17)13(10(2)3)9-11-5-7-12(16)8-6-11/h5-8,10,13-14H,4,9,17H2,1-3H3. The van der Waals surface area contributed by atoms with Gasteiger partial charge in [0.15, 0.2) is 0 Å². The van der Waals surface area contributed by atoms with Crippen molar-refractivity contribution in [1.82, 2.24) is 0 Å². The number of hydrogen-bond acceptors (Lipinski definition) is 3. The first-order valence-corrected chi connectivity index (χ1v) is 7.41. The Kier molecular flexibility index (Phi) is 6.52. The van der Waals surface area contributed by atoms with Crippen molar-refractivity contribution in [3.05, 3.63) is 34.3 Å². The van der Waals surface area contributed by atoms with Crippen LogP contribution in [-0.4, -0.2) is 18.6 Å². The molecule has 4 heteroatoms. The van der Waals surface area contributed by atoms with Crippen LogP contribution in [0.2, 0.25) is 0 Å². The third-order valence-electron chi connectivity index (χ3n) is 3.26. The van der Waals surface area contributed by atoms with Gasteiger partial charge in [-0.1, -0.05) is 41.9 Å². The quantitative estimate of drug-likeness (QED) is 0.816. The summed E-state index contributed by atoms with van der Waals surface area (Å²) in [6, 6.07) is 7.54. The molecule has 3 nitrogen and oxygen atoms in total. The number of carbonyl (C=O) groups excluding carboxylic acids is 1. The maximum Gasteiger partial charge on any atom is 0.323 e. The molecule has 106 valence electrons. The lowest BCUT2D eigenvalue weighted by Gasteiger charge is -2.26. The molecular weight excluding hydrogens is 306 g/mol. The predicted molar refractivity (Wildman–Crippen MR) is 80.8 cm³/mol. The Morgan fingerprint density at radius 1 is 1.32 bits per heavy atom. The van der Waals surface area contributed by atoms with Gasteiger partial charge in [0.1, 0.15) is 6.04 Å². The van der Waals surface area contributed by atoms with Gasteiger partial charge in [-0.25, -0.2) is 0 Å². The first-order valence-electron chi connectivity index (χ1n) is 6.62. The number of hydrogen-bond donors (Lipinski definition) is 1. The van der Waals surface area contributed by atoms with Gasteiger partial charge in [-0.15, -0.1) is 0 Å². The first-order chi connectivity index (χ1) is 8.95. The van der Waals surface area contributed by atoms with Crippen molar-refractivity contribution >= 4 is 21.9 Å². The molecule has 2 unspecified atom stereocenters. The molecule has 0 bridgehead atoms. The van der Waals surface area contributed by atoms with E-state index in [-0.39, 0.29) is 11.9 Å². The number of carbonyl (C=O) groups is 1.